The minimum atomic E-state index is -0.0923. The molecule has 0 N–H and O–H groups in total. The SMILES string of the molecule is CC(C)OCc1ccccc1-c1noc([C@H]2OCC[C@H]2C(C)C)n1. The number of nitrogens with zero attached hydrogens (tertiary/aromatic N) is 2. The summed E-state index contributed by atoms with van der Waals surface area (Å²) in [6.07, 6.45) is 1.13. The average molecular weight is 330 g/mol. The van der Waals surface area contributed by atoms with Crippen LogP contribution in [0.2, 0.25) is 0 Å². The predicted molar refractivity (Wildman–Crippen MR) is 91.3 cm³/mol. The third kappa shape index (κ3) is 3.68. The monoisotopic (exact) mass is 330 g/mol. The first-order valence-corrected chi connectivity index (χ1v) is 8.71. The molecule has 2 aromatic rings. The smallest absolute Gasteiger partial charge is 0.256 e. The Bertz CT molecular complexity index is 666. The summed E-state index contributed by atoms with van der Waals surface area (Å²) in [6.45, 7) is 9.76. The molecule has 24 heavy (non-hydrogen) atoms. The van der Waals surface area contributed by atoms with Crippen molar-refractivity contribution in [3.8, 4) is 11.4 Å². The summed E-state index contributed by atoms with van der Waals surface area (Å²) < 4.78 is 17.1. The number of rotatable bonds is 6. The average Bonchev–Trinajstić information content (AvgIpc) is 3.21. The van der Waals surface area contributed by atoms with Gasteiger partial charge in [-0.1, -0.05) is 43.3 Å². The summed E-state index contributed by atoms with van der Waals surface area (Å²) in [7, 11) is 0. The second-order valence-electron chi connectivity index (χ2n) is 6.96. The quantitative estimate of drug-likeness (QED) is 0.786. The molecule has 1 aliphatic heterocycles. The Hall–Kier alpha value is -1.72. The molecule has 2 atom stereocenters. The summed E-state index contributed by atoms with van der Waals surface area (Å²) in [5.74, 6) is 2.14. The fourth-order valence-corrected chi connectivity index (χ4v) is 3.12. The predicted octanol–water partition coefficient (Wildman–Crippen LogP) is 4.40. The lowest BCUT2D eigenvalue weighted by Gasteiger charge is -2.18. The highest BCUT2D eigenvalue weighted by Gasteiger charge is 2.36. The lowest BCUT2D eigenvalue weighted by molar-refractivity contribution is 0.0519. The molecule has 1 fully saturated rings. The minimum absolute atomic E-state index is 0.0923. The van der Waals surface area contributed by atoms with Crippen molar-refractivity contribution < 1.29 is 14.0 Å². The van der Waals surface area contributed by atoms with Crippen LogP contribution in [-0.2, 0) is 16.1 Å². The Balaban J connectivity index is 1.83. The van der Waals surface area contributed by atoms with E-state index in [4.69, 9.17) is 14.0 Å². The number of aromatic nitrogens is 2. The number of benzene rings is 1. The van der Waals surface area contributed by atoms with E-state index in [1.54, 1.807) is 0 Å². The maximum absolute atomic E-state index is 5.85. The van der Waals surface area contributed by atoms with Crippen LogP contribution < -0.4 is 0 Å². The third-order valence-electron chi connectivity index (χ3n) is 4.51. The molecule has 5 heteroatoms. The Labute approximate surface area is 143 Å². The summed E-state index contributed by atoms with van der Waals surface area (Å²) in [4.78, 5) is 4.62. The van der Waals surface area contributed by atoms with Crippen molar-refractivity contribution in [1.29, 1.82) is 0 Å². The fourth-order valence-electron chi connectivity index (χ4n) is 3.12. The van der Waals surface area contributed by atoms with Gasteiger partial charge in [-0.15, -0.1) is 0 Å². The van der Waals surface area contributed by atoms with E-state index in [0.29, 0.717) is 30.2 Å². The van der Waals surface area contributed by atoms with Crippen LogP contribution in [0.1, 0.15) is 51.7 Å². The lowest BCUT2D eigenvalue weighted by Crippen LogP contribution is -2.13. The van der Waals surface area contributed by atoms with Crippen molar-refractivity contribution >= 4 is 0 Å². The van der Waals surface area contributed by atoms with Crippen molar-refractivity contribution in [2.75, 3.05) is 6.61 Å². The molecule has 0 bridgehead atoms. The maximum atomic E-state index is 5.85. The number of hydrogen-bond donors (Lipinski definition) is 0. The van der Waals surface area contributed by atoms with Gasteiger partial charge in [0.1, 0.15) is 6.10 Å². The van der Waals surface area contributed by atoms with Crippen LogP contribution >= 0.6 is 0 Å². The molecule has 0 unspecified atom stereocenters. The molecule has 0 amide bonds. The zero-order valence-electron chi connectivity index (χ0n) is 14.9. The van der Waals surface area contributed by atoms with Crippen LogP contribution in [0.4, 0.5) is 0 Å². The molecule has 0 radical (unpaired) electrons. The van der Waals surface area contributed by atoms with Gasteiger partial charge in [0.2, 0.25) is 5.82 Å². The van der Waals surface area contributed by atoms with Gasteiger partial charge in [0.15, 0.2) is 0 Å². The Morgan fingerprint density at radius 2 is 2.00 bits per heavy atom. The van der Waals surface area contributed by atoms with Crippen LogP contribution in [0.25, 0.3) is 11.4 Å². The van der Waals surface area contributed by atoms with Gasteiger partial charge < -0.3 is 14.0 Å². The van der Waals surface area contributed by atoms with Crippen molar-refractivity contribution in [2.24, 2.45) is 11.8 Å². The first-order valence-electron chi connectivity index (χ1n) is 8.71. The zero-order valence-corrected chi connectivity index (χ0v) is 14.9. The normalized spacial score (nSPS) is 21.1. The summed E-state index contributed by atoms with van der Waals surface area (Å²) in [6, 6.07) is 8.02. The van der Waals surface area contributed by atoms with Crippen molar-refractivity contribution in [2.45, 2.75) is 52.9 Å². The first kappa shape index (κ1) is 17.1. The third-order valence-corrected chi connectivity index (χ3v) is 4.51. The van der Waals surface area contributed by atoms with Gasteiger partial charge in [-0.25, -0.2) is 0 Å². The Morgan fingerprint density at radius 3 is 2.75 bits per heavy atom. The number of ether oxygens (including phenoxy) is 2. The van der Waals surface area contributed by atoms with Crippen LogP contribution in [0.15, 0.2) is 28.8 Å². The molecule has 0 saturated carbocycles. The lowest BCUT2D eigenvalue weighted by atomic mass is 9.89. The standard InChI is InChI=1S/C19H26N2O3/c1-12(2)15-9-10-22-17(15)19-20-18(21-24-19)16-8-6-5-7-14(16)11-23-13(3)4/h5-8,12-13,15,17H,9-11H2,1-4H3/t15-,17-/m0/s1. The minimum Gasteiger partial charge on any atom is -0.374 e. The van der Waals surface area contributed by atoms with E-state index < -0.39 is 0 Å². The zero-order chi connectivity index (χ0) is 17.1. The van der Waals surface area contributed by atoms with Gasteiger partial charge in [0.25, 0.3) is 5.89 Å². The van der Waals surface area contributed by atoms with Gasteiger partial charge >= 0.3 is 0 Å². The fraction of sp³-hybridized carbons (Fsp3) is 0.579. The van der Waals surface area contributed by atoms with Crippen molar-refractivity contribution in [3.05, 3.63) is 35.7 Å². The van der Waals surface area contributed by atoms with Crippen LogP contribution in [0, 0.1) is 11.8 Å². The highest BCUT2D eigenvalue weighted by atomic mass is 16.5. The van der Waals surface area contributed by atoms with E-state index in [-0.39, 0.29) is 12.2 Å². The van der Waals surface area contributed by atoms with Gasteiger partial charge in [-0.3, -0.25) is 0 Å². The van der Waals surface area contributed by atoms with Gasteiger partial charge in [0.05, 0.1) is 12.7 Å². The molecule has 1 saturated heterocycles. The summed E-state index contributed by atoms with van der Waals surface area (Å²) in [5, 5.41) is 4.19. The van der Waals surface area contributed by atoms with Gasteiger partial charge in [-0.05, 0) is 37.7 Å². The molecule has 1 aliphatic rings. The van der Waals surface area contributed by atoms with Crippen LogP contribution in [0.3, 0.4) is 0 Å². The highest BCUT2D eigenvalue weighted by molar-refractivity contribution is 5.59. The second-order valence-corrected chi connectivity index (χ2v) is 6.96. The largest absolute Gasteiger partial charge is 0.374 e. The molecule has 3 rings (SSSR count). The highest BCUT2D eigenvalue weighted by Crippen LogP contribution is 2.39. The molecular formula is C19H26N2O3. The van der Waals surface area contributed by atoms with E-state index in [1.165, 1.54) is 0 Å². The van der Waals surface area contributed by atoms with Crippen LogP contribution in [-0.4, -0.2) is 22.9 Å². The second kappa shape index (κ2) is 7.45. The van der Waals surface area contributed by atoms with Gasteiger partial charge in [-0.2, -0.15) is 4.98 Å². The van der Waals surface area contributed by atoms with E-state index in [0.717, 1.165) is 24.2 Å². The molecule has 130 valence electrons. The molecule has 0 spiro atoms. The summed E-state index contributed by atoms with van der Waals surface area (Å²) in [5.41, 5.74) is 2.01. The van der Waals surface area contributed by atoms with Crippen LogP contribution in [0.5, 0.6) is 0 Å². The van der Waals surface area contributed by atoms with Gasteiger partial charge in [0, 0.05) is 12.2 Å². The van der Waals surface area contributed by atoms with E-state index >= 15 is 0 Å². The molecule has 5 nitrogen and oxygen atoms in total. The van der Waals surface area contributed by atoms with E-state index in [9.17, 15) is 0 Å². The molecule has 1 aromatic carbocycles. The number of hydrogen-bond acceptors (Lipinski definition) is 5. The molecule has 2 heterocycles. The molecule has 1 aromatic heterocycles. The summed E-state index contributed by atoms with van der Waals surface area (Å²) >= 11 is 0. The maximum Gasteiger partial charge on any atom is 0.256 e. The Morgan fingerprint density at radius 1 is 1.21 bits per heavy atom. The Kier molecular flexibility index (Phi) is 5.31. The van der Waals surface area contributed by atoms with E-state index in [1.807, 2.05) is 38.1 Å². The topological polar surface area (TPSA) is 57.4 Å². The first-order chi connectivity index (χ1) is 11.6. The molecular weight excluding hydrogens is 304 g/mol. The van der Waals surface area contributed by atoms with E-state index in [2.05, 4.69) is 24.0 Å². The van der Waals surface area contributed by atoms with Crippen molar-refractivity contribution in [1.82, 2.24) is 10.1 Å². The molecule has 0 aliphatic carbocycles. The van der Waals surface area contributed by atoms with Crippen molar-refractivity contribution in [3.63, 3.8) is 0 Å².